The Balaban J connectivity index is 1.72. The molecular weight excluding hydrogens is 404 g/mol. The van der Waals surface area contributed by atoms with Gasteiger partial charge in [-0.1, -0.05) is 18.2 Å². The molecule has 0 aliphatic rings. The number of aromatic carboxylic acids is 1. The molecule has 30 heavy (non-hydrogen) atoms. The van der Waals surface area contributed by atoms with Gasteiger partial charge < -0.3 is 14.4 Å². The van der Waals surface area contributed by atoms with Gasteiger partial charge in [0.25, 0.3) is 10.0 Å². The molecule has 0 saturated carbocycles. The Kier molecular flexibility index (Phi) is 4.87. The second-order valence-corrected chi connectivity index (χ2v) is 8.92. The molecule has 2 aromatic heterocycles. The Bertz CT molecular complexity index is 1330. The van der Waals surface area contributed by atoms with Gasteiger partial charge in [0.2, 0.25) is 0 Å². The number of ether oxygens (including phenoxy) is 1. The summed E-state index contributed by atoms with van der Waals surface area (Å²) in [5.74, 6) is -0.446. The van der Waals surface area contributed by atoms with Crippen LogP contribution in [0.15, 0.2) is 78.1 Å². The van der Waals surface area contributed by atoms with Gasteiger partial charge in [-0.3, -0.25) is 0 Å². The van der Waals surface area contributed by atoms with Crippen molar-refractivity contribution in [1.82, 2.24) is 8.54 Å². The van der Waals surface area contributed by atoms with Crippen LogP contribution in [0.5, 0.6) is 5.75 Å². The van der Waals surface area contributed by atoms with E-state index < -0.39 is 16.0 Å². The number of rotatable bonds is 6. The minimum absolute atomic E-state index is 0.00782. The average Bonchev–Trinajstić information content (AvgIpc) is 3.33. The van der Waals surface area contributed by atoms with Gasteiger partial charge in [-0.05, 0) is 50.2 Å². The first-order valence-electron chi connectivity index (χ1n) is 9.31. The minimum atomic E-state index is -3.80. The number of nitrogens with zero attached hydrogens (tertiary/aromatic N) is 2. The van der Waals surface area contributed by atoms with E-state index in [0.717, 1.165) is 3.97 Å². The van der Waals surface area contributed by atoms with Gasteiger partial charge in [0, 0.05) is 24.0 Å². The lowest BCUT2D eigenvalue weighted by atomic mass is 10.2. The molecule has 0 aliphatic carbocycles. The van der Waals surface area contributed by atoms with E-state index in [1.54, 1.807) is 47.0 Å². The molecular formula is C22H20N2O5S. The van der Waals surface area contributed by atoms with Crippen molar-refractivity contribution < 1.29 is 23.1 Å². The first-order chi connectivity index (χ1) is 14.3. The third-order valence-corrected chi connectivity index (χ3v) is 6.29. The van der Waals surface area contributed by atoms with Crippen LogP contribution in [0.4, 0.5) is 0 Å². The Morgan fingerprint density at radius 1 is 1.00 bits per heavy atom. The lowest BCUT2D eigenvalue weighted by molar-refractivity contribution is 0.0699. The zero-order valence-corrected chi connectivity index (χ0v) is 17.2. The first kappa shape index (κ1) is 19.8. The average molecular weight is 424 g/mol. The summed E-state index contributed by atoms with van der Waals surface area (Å²) in [5.41, 5.74) is 1.38. The Hall–Kier alpha value is -3.52. The lowest BCUT2D eigenvalue weighted by Crippen LogP contribution is -2.11. The summed E-state index contributed by atoms with van der Waals surface area (Å²) in [5, 5.41) is 10.1. The normalized spacial score (nSPS) is 11.8. The molecule has 0 fully saturated rings. The standard InChI is InChI=1S/C22H20N2O5S/c1-15(2)29-17-7-9-18(10-8-17)30(27,28)23-12-11-16(13-23)24-14-20(22(25)26)19-5-3-4-6-21(19)24/h3-15H,1-2H3,(H,25,26). The highest BCUT2D eigenvalue weighted by atomic mass is 32.2. The number of fused-ring (bicyclic) bond motifs is 1. The van der Waals surface area contributed by atoms with Crippen molar-refractivity contribution in [3.8, 4) is 11.4 Å². The topological polar surface area (TPSA) is 90.5 Å². The monoisotopic (exact) mass is 424 g/mol. The van der Waals surface area contributed by atoms with Crippen LogP contribution in [0.25, 0.3) is 16.6 Å². The second kappa shape index (κ2) is 7.38. The molecule has 2 heterocycles. The molecule has 4 rings (SSSR count). The molecule has 7 nitrogen and oxygen atoms in total. The van der Waals surface area contributed by atoms with Crippen molar-refractivity contribution >= 4 is 26.9 Å². The van der Waals surface area contributed by atoms with E-state index in [0.29, 0.717) is 22.3 Å². The molecule has 0 atom stereocenters. The maximum Gasteiger partial charge on any atom is 0.337 e. The van der Waals surface area contributed by atoms with Gasteiger partial charge >= 0.3 is 5.97 Å². The molecule has 0 aliphatic heterocycles. The first-order valence-corrected chi connectivity index (χ1v) is 10.8. The largest absolute Gasteiger partial charge is 0.491 e. The summed E-state index contributed by atoms with van der Waals surface area (Å²) in [6.07, 6.45) is 4.40. The summed E-state index contributed by atoms with van der Waals surface area (Å²) in [6.45, 7) is 3.79. The SMILES string of the molecule is CC(C)Oc1ccc(S(=O)(=O)n2ccc(-n3cc(C(=O)O)c4ccccc43)c2)cc1. The molecule has 0 spiro atoms. The molecule has 0 amide bonds. The van der Waals surface area contributed by atoms with Crippen molar-refractivity contribution in [3.05, 3.63) is 78.8 Å². The van der Waals surface area contributed by atoms with Gasteiger partial charge in [-0.25, -0.2) is 17.2 Å². The predicted molar refractivity (Wildman–Crippen MR) is 113 cm³/mol. The quantitative estimate of drug-likeness (QED) is 0.502. The van der Waals surface area contributed by atoms with Crippen LogP contribution in [-0.4, -0.2) is 34.1 Å². The summed E-state index contributed by atoms with van der Waals surface area (Å²) in [4.78, 5) is 11.7. The Morgan fingerprint density at radius 3 is 2.37 bits per heavy atom. The summed E-state index contributed by atoms with van der Waals surface area (Å²) < 4.78 is 34.4. The van der Waals surface area contributed by atoms with Crippen LogP contribution in [0, 0.1) is 0 Å². The fourth-order valence-corrected chi connectivity index (χ4v) is 4.50. The maximum absolute atomic E-state index is 13.0. The molecule has 1 N–H and O–H groups in total. The molecule has 8 heteroatoms. The minimum Gasteiger partial charge on any atom is -0.491 e. The number of para-hydroxylation sites is 1. The number of benzene rings is 2. The zero-order valence-electron chi connectivity index (χ0n) is 16.4. The highest BCUT2D eigenvalue weighted by Gasteiger charge is 2.19. The van der Waals surface area contributed by atoms with Crippen LogP contribution >= 0.6 is 0 Å². The second-order valence-electron chi connectivity index (χ2n) is 7.08. The van der Waals surface area contributed by atoms with E-state index in [4.69, 9.17) is 4.74 Å². The van der Waals surface area contributed by atoms with Gasteiger partial charge in [0.1, 0.15) is 5.75 Å². The van der Waals surface area contributed by atoms with E-state index in [-0.39, 0.29) is 16.6 Å². The molecule has 4 aromatic rings. The van der Waals surface area contributed by atoms with E-state index in [2.05, 4.69) is 0 Å². The van der Waals surface area contributed by atoms with Crippen molar-refractivity contribution in [3.63, 3.8) is 0 Å². The number of hydrogen-bond acceptors (Lipinski definition) is 4. The van der Waals surface area contributed by atoms with Crippen LogP contribution in [-0.2, 0) is 10.0 Å². The number of aromatic nitrogens is 2. The van der Waals surface area contributed by atoms with E-state index in [1.807, 2.05) is 13.8 Å². The number of hydrogen-bond donors (Lipinski definition) is 1. The smallest absolute Gasteiger partial charge is 0.337 e. The number of carbonyl (C=O) groups is 1. The third kappa shape index (κ3) is 3.46. The maximum atomic E-state index is 13.0. The highest BCUT2D eigenvalue weighted by molar-refractivity contribution is 7.90. The number of carboxylic acids is 1. The van der Waals surface area contributed by atoms with E-state index in [1.165, 1.54) is 30.7 Å². The Morgan fingerprint density at radius 2 is 1.70 bits per heavy atom. The lowest BCUT2D eigenvalue weighted by Gasteiger charge is -2.10. The molecule has 0 unspecified atom stereocenters. The molecule has 0 saturated heterocycles. The van der Waals surface area contributed by atoms with Gasteiger partial charge in [-0.15, -0.1) is 0 Å². The van der Waals surface area contributed by atoms with Crippen molar-refractivity contribution in [2.45, 2.75) is 24.8 Å². The van der Waals surface area contributed by atoms with Crippen molar-refractivity contribution in [2.24, 2.45) is 0 Å². The van der Waals surface area contributed by atoms with Crippen LogP contribution < -0.4 is 4.74 Å². The van der Waals surface area contributed by atoms with Gasteiger partial charge in [-0.2, -0.15) is 0 Å². The summed E-state index contributed by atoms with van der Waals surface area (Å²) >= 11 is 0. The van der Waals surface area contributed by atoms with Crippen molar-refractivity contribution in [2.75, 3.05) is 0 Å². The third-order valence-electron chi connectivity index (χ3n) is 4.64. The van der Waals surface area contributed by atoms with E-state index in [9.17, 15) is 18.3 Å². The zero-order chi connectivity index (χ0) is 21.5. The van der Waals surface area contributed by atoms with Gasteiger partial charge in [0.15, 0.2) is 0 Å². The fraction of sp³-hybridized carbons (Fsp3) is 0.136. The molecule has 0 radical (unpaired) electrons. The predicted octanol–water partition coefficient (Wildman–Crippen LogP) is 4.15. The van der Waals surface area contributed by atoms with E-state index >= 15 is 0 Å². The van der Waals surface area contributed by atoms with Crippen LogP contribution in [0.3, 0.4) is 0 Å². The number of carboxylic acid groups (broad SMARTS) is 1. The Labute approximate surface area is 173 Å². The van der Waals surface area contributed by atoms with Crippen molar-refractivity contribution in [1.29, 1.82) is 0 Å². The fourth-order valence-electron chi connectivity index (χ4n) is 3.31. The van der Waals surface area contributed by atoms with Crippen LogP contribution in [0.1, 0.15) is 24.2 Å². The van der Waals surface area contributed by atoms with Gasteiger partial charge in [0.05, 0.1) is 27.8 Å². The van der Waals surface area contributed by atoms with Crippen LogP contribution in [0.2, 0.25) is 0 Å². The summed E-state index contributed by atoms with van der Waals surface area (Å²) in [6, 6.07) is 15.0. The molecule has 2 aromatic carbocycles. The summed E-state index contributed by atoms with van der Waals surface area (Å²) in [7, 11) is -3.80. The highest BCUT2D eigenvalue weighted by Crippen LogP contribution is 2.26. The molecule has 0 bridgehead atoms. The molecule has 154 valence electrons.